The molecule has 2 aliphatic heterocycles. The summed E-state index contributed by atoms with van der Waals surface area (Å²) in [6.45, 7) is 0. The second-order valence-corrected chi connectivity index (χ2v) is 11.7. The van der Waals surface area contributed by atoms with Crippen LogP contribution in [0.2, 0.25) is 0 Å². The van der Waals surface area contributed by atoms with E-state index in [2.05, 4.69) is 70.7 Å². The van der Waals surface area contributed by atoms with Gasteiger partial charge in [0.05, 0.1) is 63.3 Å². The van der Waals surface area contributed by atoms with Gasteiger partial charge in [0.1, 0.15) is 23.0 Å². The SMILES string of the molecule is COc1ccc(C2CC(c3ccc(C4=NN(c5ccccc5)C(c5ccc(OC)cc5OC)C4)cc3)=NN2c2ccccc2)c(OC)c1. The second kappa shape index (κ2) is 13.5. The van der Waals surface area contributed by atoms with Crippen molar-refractivity contribution in [2.24, 2.45) is 10.2 Å². The largest absolute Gasteiger partial charge is 0.497 e. The fourth-order valence-corrected chi connectivity index (χ4v) is 6.53. The highest BCUT2D eigenvalue weighted by Crippen LogP contribution is 2.43. The van der Waals surface area contributed by atoms with Crippen LogP contribution in [-0.2, 0) is 0 Å². The summed E-state index contributed by atoms with van der Waals surface area (Å²) in [4.78, 5) is 0. The van der Waals surface area contributed by atoms with E-state index in [1.54, 1.807) is 28.4 Å². The Bertz CT molecular complexity index is 1800. The van der Waals surface area contributed by atoms with Gasteiger partial charge < -0.3 is 18.9 Å². The summed E-state index contributed by atoms with van der Waals surface area (Å²) >= 11 is 0. The van der Waals surface area contributed by atoms with Crippen LogP contribution in [0.15, 0.2) is 132 Å². The van der Waals surface area contributed by atoms with Gasteiger partial charge in [0, 0.05) is 36.1 Å². The Hall–Kier alpha value is -5.76. The molecule has 0 radical (unpaired) electrons. The van der Waals surface area contributed by atoms with Gasteiger partial charge in [-0.3, -0.25) is 10.0 Å². The molecule has 2 unspecified atom stereocenters. The van der Waals surface area contributed by atoms with Crippen molar-refractivity contribution < 1.29 is 18.9 Å². The molecule has 2 atom stereocenters. The van der Waals surface area contributed by atoms with E-state index < -0.39 is 0 Å². The average molecular weight is 639 g/mol. The van der Waals surface area contributed by atoms with Gasteiger partial charge >= 0.3 is 0 Å². The Labute approximate surface area is 281 Å². The molecule has 0 aliphatic carbocycles. The number of benzene rings is 5. The molecule has 0 saturated heterocycles. The number of hydrogen-bond donors (Lipinski definition) is 0. The molecular weight excluding hydrogens is 600 g/mol. The molecule has 0 N–H and O–H groups in total. The van der Waals surface area contributed by atoms with Gasteiger partial charge in [0.15, 0.2) is 0 Å². The Morgan fingerprint density at radius 2 is 0.875 bits per heavy atom. The first-order valence-electron chi connectivity index (χ1n) is 16.0. The van der Waals surface area contributed by atoms with Crippen molar-refractivity contribution in [3.63, 3.8) is 0 Å². The van der Waals surface area contributed by atoms with Crippen molar-refractivity contribution in [1.29, 1.82) is 0 Å². The minimum Gasteiger partial charge on any atom is -0.497 e. The smallest absolute Gasteiger partial charge is 0.127 e. The van der Waals surface area contributed by atoms with E-state index in [0.29, 0.717) is 0 Å². The van der Waals surface area contributed by atoms with Crippen LogP contribution in [0.1, 0.15) is 47.2 Å². The summed E-state index contributed by atoms with van der Waals surface area (Å²) in [6, 6.07) is 41.0. The molecule has 242 valence electrons. The first-order valence-corrected chi connectivity index (χ1v) is 16.0. The third kappa shape index (κ3) is 5.93. The van der Waals surface area contributed by atoms with Gasteiger partial charge in [-0.05, 0) is 59.7 Å². The molecule has 0 amide bonds. The Balaban J connectivity index is 1.20. The predicted octanol–water partition coefficient (Wildman–Crippen LogP) is 8.43. The maximum atomic E-state index is 5.82. The van der Waals surface area contributed by atoms with Gasteiger partial charge in [-0.25, -0.2) is 0 Å². The number of methoxy groups -OCH3 is 4. The minimum absolute atomic E-state index is 0.0400. The van der Waals surface area contributed by atoms with Crippen LogP contribution >= 0.6 is 0 Å². The lowest BCUT2D eigenvalue weighted by Crippen LogP contribution is -2.19. The number of rotatable bonds is 10. The Morgan fingerprint density at radius 1 is 0.479 bits per heavy atom. The van der Waals surface area contributed by atoms with Crippen molar-refractivity contribution >= 4 is 22.8 Å². The Morgan fingerprint density at radius 3 is 1.23 bits per heavy atom. The summed E-state index contributed by atoms with van der Waals surface area (Å²) in [5.41, 5.74) is 8.31. The fraction of sp³-hybridized carbons (Fsp3) is 0.200. The lowest BCUT2D eigenvalue weighted by atomic mass is 9.94. The predicted molar refractivity (Wildman–Crippen MR) is 191 cm³/mol. The van der Waals surface area contributed by atoms with Crippen molar-refractivity contribution in [2.45, 2.75) is 24.9 Å². The molecule has 0 bridgehead atoms. The highest BCUT2D eigenvalue weighted by Gasteiger charge is 2.34. The van der Waals surface area contributed by atoms with E-state index in [1.165, 1.54) is 0 Å². The van der Waals surface area contributed by atoms with Crippen molar-refractivity contribution in [1.82, 2.24) is 0 Å². The molecule has 48 heavy (non-hydrogen) atoms. The maximum absolute atomic E-state index is 5.82. The standard InChI is InChI=1S/C40H38N4O4/c1-45-31-19-21-33(39(23-31)47-3)37-25-35(41-43(37)29-11-7-5-8-12-29)27-15-17-28(18-16-27)36-26-38(44(42-36)30-13-9-6-10-14-30)34-22-20-32(46-2)24-40(34)48-4/h5-24,37-38H,25-26H2,1-4H3. The quantitative estimate of drug-likeness (QED) is 0.153. The number of anilines is 2. The first kappa shape index (κ1) is 30.9. The van der Waals surface area contributed by atoms with E-state index in [9.17, 15) is 0 Å². The molecule has 5 aromatic rings. The zero-order valence-corrected chi connectivity index (χ0v) is 27.5. The molecule has 5 aromatic carbocycles. The molecule has 8 heteroatoms. The van der Waals surface area contributed by atoms with Crippen LogP contribution in [0.4, 0.5) is 11.4 Å². The van der Waals surface area contributed by atoms with E-state index in [-0.39, 0.29) is 12.1 Å². The van der Waals surface area contributed by atoms with E-state index in [0.717, 1.165) is 80.9 Å². The van der Waals surface area contributed by atoms with Gasteiger partial charge in [-0.2, -0.15) is 10.2 Å². The van der Waals surface area contributed by atoms with Crippen molar-refractivity contribution in [3.8, 4) is 23.0 Å². The Kier molecular flexibility index (Phi) is 8.71. The van der Waals surface area contributed by atoms with Crippen LogP contribution in [0.5, 0.6) is 23.0 Å². The summed E-state index contributed by atoms with van der Waals surface area (Å²) in [5.74, 6) is 3.06. The fourth-order valence-electron chi connectivity index (χ4n) is 6.53. The van der Waals surface area contributed by atoms with Crippen LogP contribution in [0.3, 0.4) is 0 Å². The number of nitrogens with zero attached hydrogens (tertiary/aromatic N) is 4. The highest BCUT2D eigenvalue weighted by atomic mass is 16.5. The van der Waals surface area contributed by atoms with Gasteiger partial charge in [-0.15, -0.1) is 0 Å². The average Bonchev–Trinajstić information content (AvgIpc) is 3.81. The second-order valence-electron chi connectivity index (χ2n) is 11.7. The molecular formula is C40H38N4O4. The topological polar surface area (TPSA) is 68.1 Å². The molecule has 7 rings (SSSR count). The minimum atomic E-state index is -0.0400. The molecule has 2 aliphatic rings. The molecule has 8 nitrogen and oxygen atoms in total. The first-order chi connectivity index (χ1) is 23.6. The van der Waals surface area contributed by atoms with Crippen LogP contribution in [0.25, 0.3) is 0 Å². The normalized spacial score (nSPS) is 17.2. The summed E-state index contributed by atoms with van der Waals surface area (Å²) in [6.07, 6.45) is 1.44. The van der Waals surface area contributed by atoms with Gasteiger partial charge in [0.25, 0.3) is 0 Å². The molecule has 0 aromatic heterocycles. The zero-order chi connectivity index (χ0) is 33.0. The van der Waals surface area contributed by atoms with Crippen LogP contribution in [0, 0.1) is 0 Å². The van der Waals surface area contributed by atoms with Crippen molar-refractivity contribution in [2.75, 3.05) is 38.5 Å². The van der Waals surface area contributed by atoms with Gasteiger partial charge in [-0.1, -0.05) is 60.7 Å². The number of para-hydroxylation sites is 2. The molecule has 2 heterocycles. The van der Waals surface area contributed by atoms with E-state index in [4.69, 9.17) is 29.2 Å². The van der Waals surface area contributed by atoms with E-state index in [1.807, 2.05) is 60.7 Å². The zero-order valence-electron chi connectivity index (χ0n) is 27.5. The number of hydrogen-bond acceptors (Lipinski definition) is 8. The van der Waals surface area contributed by atoms with Gasteiger partial charge in [0.2, 0.25) is 0 Å². The maximum Gasteiger partial charge on any atom is 0.127 e. The van der Waals surface area contributed by atoms with Crippen molar-refractivity contribution in [3.05, 3.63) is 144 Å². The third-order valence-corrected chi connectivity index (χ3v) is 9.01. The van der Waals surface area contributed by atoms with Crippen LogP contribution in [-0.4, -0.2) is 39.9 Å². The molecule has 0 fully saturated rings. The lowest BCUT2D eigenvalue weighted by Gasteiger charge is -2.25. The summed E-state index contributed by atoms with van der Waals surface area (Å²) < 4.78 is 22.6. The lowest BCUT2D eigenvalue weighted by molar-refractivity contribution is 0.388. The summed E-state index contributed by atoms with van der Waals surface area (Å²) in [5, 5.41) is 14.5. The summed E-state index contributed by atoms with van der Waals surface area (Å²) in [7, 11) is 6.72. The van der Waals surface area contributed by atoms with Crippen LogP contribution < -0.4 is 29.0 Å². The van der Waals surface area contributed by atoms with E-state index >= 15 is 0 Å². The third-order valence-electron chi connectivity index (χ3n) is 9.01. The molecule has 0 saturated carbocycles. The number of ether oxygens (including phenoxy) is 4. The molecule has 0 spiro atoms. The number of hydrazone groups is 2. The highest BCUT2D eigenvalue weighted by molar-refractivity contribution is 6.06. The monoisotopic (exact) mass is 638 g/mol.